The van der Waals surface area contributed by atoms with Gasteiger partial charge in [-0.2, -0.15) is 0 Å². The van der Waals surface area contributed by atoms with Gasteiger partial charge in [0.15, 0.2) is 0 Å². The second-order valence-corrected chi connectivity index (χ2v) is 19.0. The van der Waals surface area contributed by atoms with Crippen molar-refractivity contribution in [1.29, 1.82) is 0 Å². The van der Waals surface area contributed by atoms with E-state index >= 15 is 0 Å². The van der Waals surface area contributed by atoms with Gasteiger partial charge < -0.3 is 78.9 Å². The van der Waals surface area contributed by atoms with Gasteiger partial charge in [-0.1, -0.05) is 55.4 Å². The number of carbonyl (C=O) groups is 7. The van der Waals surface area contributed by atoms with Gasteiger partial charge in [0.1, 0.15) is 5.60 Å². The fourth-order valence-corrected chi connectivity index (χ4v) is 6.70. The molecule has 64 heavy (non-hydrogen) atoms. The molecule has 0 aromatic carbocycles. The first kappa shape index (κ1) is 58.9. The highest BCUT2D eigenvalue weighted by atomic mass is 16.6. The lowest BCUT2D eigenvalue weighted by Gasteiger charge is -2.29. The van der Waals surface area contributed by atoms with E-state index < -0.39 is 47.9 Å². The highest BCUT2D eigenvalue weighted by Crippen LogP contribution is 2.17. The molecule has 1 aliphatic rings. The van der Waals surface area contributed by atoms with E-state index in [2.05, 4.69) is 63.8 Å². The summed E-state index contributed by atoms with van der Waals surface area (Å²) in [7, 11) is 1.52. The van der Waals surface area contributed by atoms with Gasteiger partial charge in [0, 0.05) is 71.0 Å². The molecule has 6 atom stereocenters. The molecule has 0 unspecified atom stereocenters. The Kier molecular flexibility index (Phi) is 27.7. The average Bonchev–Trinajstić information content (AvgIpc) is 3.65. The summed E-state index contributed by atoms with van der Waals surface area (Å²) in [6, 6.07) is -4.42. The van der Waals surface area contributed by atoms with Crippen molar-refractivity contribution in [2.75, 3.05) is 52.9 Å². The first-order valence-electron chi connectivity index (χ1n) is 22.6. The lowest BCUT2D eigenvalue weighted by molar-refractivity contribution is 0.0489. The average molecular weight is 916 g/mol. The zero-order valence-electron chi connectivity index (χ0n) is 40.8. The Morgan fingerprint density at radius 1 is 0.578 bits per heavy atom. The number of carbonyl (C=O) groups excluding carboxylic acids is 7. The molecule has 14 N–H and O–H groups in total. The van der Waals surface area contributed by atoms with E-state index in [-0.39, 0.29) is 105 Å². The number of likely N-dealkylation sites (tertiary alicyclic amines) is 1. The van der Waals surface area contributed by atoms with Crippen LogP contribution in [0.4, 0.5) is 33.6 Å². The summed E-state index contributed by atoms with van der Waals surface area (Å²) in [5.74, 6) is 0.509. The Morgan fingerprint density at radius 3 is 1.55 bits per heavy atom. The molecule has 0 aliphatic carbocycles. The van der Waals surface area contributed by atoms with Gasteiger partial charge >= 0.3 is 42.3 Å². The molecule has 0 aromatic heterocycles. The van der Waals surface area contributed by atoms with E-state index in [1.807, 2.05) is 55.4 Å². The number of hydrogen-bond acceptors (Lipinski definition) is 8. The first-order valence-corrected chi connectivity index (χ1v) is 22.6. The minimum atomic E-state index is -0.645. The normalized spacial score (nSPS) is 16.0. The van der Waals surface area contributed by atoms with Crippen LogP contribution in [-0.2, 0) is 4.74 Å². The summed E-state index contributed by atoms with van der Waals surface area (Å²) in [5, 5.41) is 33.8. The maximum absolute atomic E-state index is 13.2. The van der Waals surface area contributed by atoms with Crippen LogP contribution < -0.4 is 63.8 Å². The quantitative estimate of drug-likeness (QED) is 0.0720. The third-order valence-electron chi connectivity index (χ3n) is 10.1. The van der Waals surface area contributed by atoms with Crippen molar-refractivity contribution < 1.29 is 43.8 Å². The summed E-state index contributed by atoms with van der Waals surface area (Å²) in [4.78, 5) is 90.3. The zero-order chi connectivity index (χ0) is 47.9. The topological polar surface area (TPSA) is 308 Å². The van der Waals surface area contributed by atoms with Crippen molar-refractivity contribution in [3.8, 4) is 0 Å². The number of nitrogens with one attached hydrogen (secondary N) is 12. The Bertz CT molecular complexity index is 1450. The molecule has 0 spiro atoms. The largest absolute Gasteiger partial charge is 0.444 e. The molecule has 13 amide bonds. The standard InChI is InChI=1S/C42H83N13O8.H2O/c1-25(2)17-30(20-45-35(56)43-13)51-37(58)44-19-29(9)50-36(57)48-23-33(27(5)6)53-39(60)46-21-31(18-26(3)4)52-38(59)47-22-32-15-14-16-55(32)40(61)49-24-34(28(7)8)54-41(62)63-42(10,11)12;/h25-34H,14-24H2,1-13H3,(H,49,61)(H,54,62)(H2,43,45,56)(H2,44,51,58)(H2,46,53,60)(H2,47,52,59)(H2,48,50,57);1H2/t29-,30-,31-,32-,33+,34+;/m0./s1. The van der Waals surface area contributed by atoms with Crippen molar-refractivity contribution in [1.82, 2.24) is 68.7 Å². The number of nitrogens with zero attached hydrogens (tertiary/aromatic N) is 1. The molecule has 0 radical (unpaired) electrons. The van der Waals surface area contributed by atoms with Crippen molar-refractivity contribution in [3.05, 3.63) is 0 Å². The van der Waals surface area contributed by atoms with Crippen LogP contribution in [0.2, 0.25) is 0 Å². The van der Waals surface area contributed by atoms with Crippen LogP contribution in [0.3, 0.4) is 0 Å². The summed E-state index contributed by atoms with van der Waals surface area (Å²) >= 11 is 0. The van der Waals surface area contributed by atoms with E-state index in [0.717, 1.165) is 12.8 Å². The van der Waals surface area contributed by atoms with Crippen molar-refractivity contribution in [2.24, 2.45) is 23.7 Å². The number of alkyl carbamates (subject to hydrolysis) is 1. The predicted octanol–water partition coefficient (Wildman–Crippen LogP) is 2.25. The smallest absolute Gasteiger partial charge is 0.407 e. The Hall–Kier alpha value is -5.15. The molecule has 1 saturated heterocycles. The lowest BCUT2D eigenvalue weighted by Crippen LogP contribution is -2.55. The van der Waals surface area contributed by atoms with Crippen molar-refractivity contribution in [2.45, 2.75) is 151 Å². The number of amides is 13. The molecule has 1 heterocycles. The maximum Gasteiger partial charge on any atom is 0.407 e. The Labute approximate surface area is 381 Å². The Balaban J connectivity index is 0.0000397. The van der Waals surface area contributed by atoms with E-state index in [1.54, 1.807) is 32.6 Å². The zero-order valence-corrected chi connectivity index (χ0v) is 40.8. The van der Waals surface area contributed by atoms with E-state index in [1.165, 1.54) is 7.05 Å². The van der Waals surface area contributed by atoms with Gasteiger partial charge in [0.25, 0.3) is 0 Å². The highest BCUT2D eigenvalue weighted by molar-refractivity contribution is 5.78. The number of hydrogen-bond donors (Lipinski definition) is 12. The van der Waals surface area contributed by atoms with E-state index in [9.17, 15) is 33.6 Å². The molecular formula is C42H85N13O9. The van der Waals surface area contributed by atoms with E-state index in [0.29, 0.717) is 19.4 Å². The summed E-state index contributed by atoms with van der Waals surface area (Å²) in [6.45, 7) is 24.6. The van der Waals surface area contributed by atoms with Gasteiger partial charge in [-0.3, -0.25) is 0 Å². The SMILES string of the molecule is CNC(=O)NC[C@H](CC(C)C)NC(=O)NC[C@H](C)NC(=O)NC[C@@H](NC(=O)NC[C@H](CC(C)C)NC(=O)NC[C@@H]1CCCN1C(=O)NC[C@@H](NC(=O)OC(C)(C)C)C(C)C)C(C)C.O. The molecular weight excluding hydrogens is 831 g/mol. The first-order chi connectivity index (χ1) is 29.4. The fourth-order valence-electron chi connectivity index (χ4n) is 6.70. The van der Waals surface area contributed by atoms with Gasteiger partial charge in [-0.25, -0.2) is 33.6 Å². The van der Waals surface area contributed by atoms with Crippen LogP contribution in [0.25, 0.3) is 0 Å². The second-order valence-electron chi connectivity index (χ2n) is 19.0. The Morgan fingerprint density at radius 2 is 1.03 bits per heavy atom. The molecule has 0 aromatic rings. The number of rotatable bonds is 23. The van der Waals surface area contributed by atoms with E-state index in [4.69, 9.17) is 4.74 Å². The molecule has 0 saturated carbocycles. The van der Waals surface area contributed by atoms with Crippen LogP contribution in [0.1, 0.15) is 109 Å². The summed E-state index contributed by atoms with van der Waals surface area (Å²) in [5.41, 5.74) is -0.645. The minimum absolute atomic E-state index is 0. The summed E-state index contributed by atoms with van der Waals surface area (Å²) < 4.78 is 5.38. The van der Waals surface area contributed by atoms with Crippen LogP contribution in [0.5, 0.6) is 0 Å². The summed E-state index contributed by atoms with van der Waals surface area (Å²) in [6.07, 6.45) is 2.22. The molecule has 1 aliphatic heterocycles. The molecule has 22 heteroatoms. The number of ether oxygens (including phenoxy) is 1. The molecule has 372 valence electrons. The fraction of sp³-hybridized carbons (Fsp3) is 0.833. The highest BCUT2D eigenvalue weighted by Gasteiger charge is 2.31. The maximum atomic E-state index is 13.2. The molecule has 0 bridgehead atoms. The van der Waals surface area contributed by atoms with Crippen LogP contribution in [0.15, 0.2) is 0 Å². The van der Waals surface area contributed by atoms with Crippen molar-refractivity contribution in [3.63, 3.8) is 0 Å². The monoisotopic (exact) mass is 916 g/mol. The van der Waals surface area contributed by atoms with Gasteiger partial charge in [-0.05, 0) is 77.0 Å². The lowest BCUT2D eigenvalue weighted by atomic mass is 10.0. The molecule has 1 rings (SSSR count). The predicted molar refractivity (Wildman–Crippen MR) is 248 cm³/mol. The van der Waals surface area contributed by atoms with Gasteiger partial charge in [0.05, 0.1) is 18.1 Å². The van der Waals surface area contributed by atoms with Crippen molar-refractivity contribution >= 4 is 42.3 Å². The van der Waals surface area contributed by atoms with Crippen LogP contribution in [0, 0.1) is 23.7 Å². The van der Waals surface area contributed by atoms with Crippen LogP contribution >= 0.6 is 0 Å². The molecule has 1 fully saturated rings. The van der Waals surface area contributed by atoms with Gasteiger partial charge in [-0.15, -0.1) is 0 Å². The van der Waals surface area contributed by atoms with Crippen LogP contribution in [-0.4, -0.2) is 147 Å². The molecule has 22 nitrogen and oxygen atoms in total. The third kappa shape index (κ3) is 26.5. The third-order valence-corrected chi connectivity index (χ3v) is 10.1. The minimum Gasteiger partial charge on any atom is -0.444 e. The second kappa shape index (κ2) is 30.1. The number of urea groups is 6. The van der Waals surface area contributed by atoms with Gasteiger partial charge in [0.2, 0.25) is 0 Å².